The van der Waals surface area contributed by atoms with E-state index in [-0.39, 0.29) is 11.9 Å². The van der Waals surface area contributed by atoms with Crippen molar-refractivity contribution >= 4 is 11.7 Å². The average molecular weight is 270 g/mol. The van der Waals surface area contributed by atoms with E-state index in [2.05, 4.69) is 15.3 Å². The molecule has 0 radical (unpaired) electrons. The molecule has 0 spiro atoms. The van der Waals surface area contributed by atoms with Crippen LogP contribution in [0, 0.1) is 0 Å². The van der Waals surface area contributed by atoms with Crippen molar-refractivity contribution in [1.82, 2.24) is 15.3 Å². The summed E-state index contributed by atoms with van der Waals surface area (Å²) in [6, 6.07) is 8.97. The molecule has 104 valence electrons. The van der Waals surface area contributed by atoms with Crippen molar-refractivity contribution in [3.63, 3.8) is 0 Å². The summed E-state index contributed by atoms with van der Waals surface area (Å²) in [5.74, 6) is 0.622. The minimum Gasteiger partial charge on any atom is -0.363 e. The predicted octanol–water partition coefficient (Wildman–Crippen LogP) is 2.03. The zero-order chi connectivity index (χ0) is 14.5. The number of aromatic nitrogens is 2. The monoisotopic (exact) mass is 270 g/mol. The Morgan fingerprint density at radius 1 is 1.20 bits per heavy atom. The molecule has 1 amide bonds. The van der Waals surface area contributed by atoms with Crippen LogP contribution in [0.3, 0.4) is 0 Å². The lowest BCUT2D eigenvalue weighted by Gasteiger charge is -2.15. The fraction of sp³-hybridized carbons (Fsp3) is 0.267. The summed E-state index contributed by atoms with van der Waals surface area (Å²) in [4.78, 5) is 22.5. The van der Waals surface area contributed by atoms with E-state index >= 15 is 0 Å². The molecule has 2 aromatic heterocycles. The lowest BCUT2D eigenvalue weighted by atomic mass is 10.2. The maximum Gasteiger partial charge on any atom is 0.251 e. The van der Waals surface area contributed by atoms with Crippen LogP contribution in [0.1, 0.15) is 29.0 Å². The van der Waals surface area contributed by atoms with Crippen LogP contribution in [0.4, 0.5) is 5.82 Å². The van der Waals surface area contributed by atoms with Gasteiger partial charge in [0.15, 0.2) is 0 Å². The number of carbonyl (C=O) groups excluding carboxylic acids is 1. The molecule has 2 rings (SSSR count). The fourth-order valence-electron chi connectivity index (χ4n) is 1.79. The largest absolute Gasteiger partial charge is 0.363 e. The Hall–Kier alpha value is -2.43. The summed E-state index contributed by atoms with van der Waals surface area (Å²) in [7, 11) is 3.78. The second kappa shape index (κ2) is 6.14. The summed E-state index contributed by atoms with van der Waals surface area (Å²) in [6.07, 6.45) is 3.35. The summed E-state index contributed by atoms with van der Waals surface area (Å²) < 4.78 is 0. The van der Waals surface area contributed by atoms with Crippen molar-refractivity contribution < 1.29 is 4.79 Å². The van der Waals surface area contributed by atoms with Gasteiger partial charge in [0.1, 0.15) is 5.82 Å². The molecule has 2 aromatic rings. The molecule has 5 nitrogen and oxygen atoms in total. The molecule has 0 aromatic carbocycles. The van der Waals surface area contributed by atoms with Gasteiger partial charge in [-0.2, -0.15) is 0 Å². The second-order valence-electron chi connectivity index (χ2n) is 4.75. The maximum absolute atomic E-state index is 12.2. The first kappa shape index (κ1) is 14.0. The van der Waals surface area contributed by atoms with Crippen LogP contribution >= 0.6 is 0 Å². The number of rotatable bonds is 4. The lowest BCUT2D eigenvalue weighted by Crippen LogP contribution is -2.27. The van der Waals surface area contributed by atoms with Crippen LogP contribution in [0.2, 0.25) is 0 Å². The molecular weight excluding hydrogens is 252 g/mol. The first-order valence-electron chi connectivity index (χ1n) is 6.43. The summed E-state index contributed by atoms with van der Waals surface area (Å²) in [6.45, 7) is 1.91. The third-order valence-corrected chi connectivity index (χ3v) is 2.94. The molecule has 0 aliphatic carbocycles. The molecule has 20 heavy (non-hydrogen) atoms. The third kappa shape index (κ3) is 3.32. The summed E-state index contributed by atoms with van der Waals surface area (Å²) in [5.41, 5.74) is 1.43. The number of carbonyl (C=O) groups is 1. The van der Waals surface area contributed by atoms with Crippen LogP contribution in [-0.2, 0) is 0 Å². The molecule has 1 N–H and O–H groups in total. The van der Waals surface area contributed by atoms with Crippen molar-refractivity contribution in [1.29, 1.82) is 0 Å². The van der Waals surface area contributed by atoms with Crippen LogP contribution in [0.25, 0.3) is 0 Å². The second-order valence-corrected chi connectivity index (χ2v) is 4.75. The van der Waals surface area contributed by atoms with Crippen molar-refractivity contribution in [3.8, 4) is 0 Å². The Morgan fingerprint density at radius 2 is 2.00 bits per heavy atom. The van der Waals surface area contributed by atoms with E-state index in [0.29, 0.717) is 5.56 Å². The standard InChI is InChI=1S/C15H18N4O/c1-11(13-6-4-5-8-16-13)18-15(20)12-7-9-17-14(10-12)19(2)3/h4-11H,1-3H3,(H,18,20). The van der Waals surface area contributed by atoms with Gasteiger partial charge in [-0.1, -0.05) is 6.07 Å². The smallest absolute Gasteiger partial charge is 0.251 e. The van der Waals surface area contributed by atoms with E-state index in [4.69, 9.17) is 0 Å². The Bertz CT molecular complexity index is 583. The van der Waals surface area contributed by atoms with Gasteiger partial charge >= 0.3 is 0 Å². The highest BCUT2D eigenvalue weighted by Gasteiger charge is 2.13. The van der Waals surface area contributed by atoms with E-state index in [9.17, 15) is 4.79 Å². The minimum atomic E-state index is -0.139. The highest BCUT2D eigenvalue weighted by atomic mass is 16.1. The zero-order valence-corrected chi connectivity index (χ0v) is 11.9. The zero-order valence-electron chi connectivity index (χ0n) is 11.9. The van der Waals surface area contributed by atoms with Crippen molar-refractivity contribution in [2.45, 2.75) is 13.0 Å². The van der Waals surface area contributed by atoms with Gasteiger partial charge < -0.3 is 10.2 Å². The SMILES string of the molecule is CC(NC(=O)c1ccnc(N(C)C)c1)c1ccccn1. The predicted molar refractivity (Wildman–Crippen MR) is 78.7 cm³/mol. The van der Waals surface area contributed by atoms with E-state index in [1.807, 2.05) is 44.1 Å². The van der Waals surface area contributed by atoms with Crippen molar-refractivity contribution in [2.75, 3.05) is 19.0 Å². The van der Waals surface area contributed by atoms with Crippen LogP contribution in [0.15, 0.2) is 42.7 Å². The van der Waals surface area contributed by atoms with Gasteiger partial charge in [-0.05, 0) is 31.2 Å². The molecule has 0 saturated carbocycles. The Balaban J connectivity index is 2.10. The number of amides is 1. The average Bonchev–Trinajstić information content (AvgIpc) is 2.48. The highest BCUT2D eigenvalue weighted by Crippen LogP contribution is 2.12. The molecular formula is C15H18N4O. The number of pyridine rings is 2. The van der Waals surface area contributed by atoms with Crippen molar-refractivity contribution in [2.24, 2.45) is 0 Å². The van der Waals surface area contributed by atoms with E-state index in [1.54, 1.807) is 24.5 Å². The summed E-state index contributed by atoms with van der Waals surface area (Å²) in [5, 5.41) is 2.93. The number of nitrogens with one attached hydrogen (secondary N) is 1. The molecule has 2 heterocycles. The lowest BCUT2D eigenvalue weighted by molar-refractivity contribution is 0.0939. The van der Waals surface area contributed by atoms with Gasteiger partial charge in [0.05, 0.1) is 11.7 Å². The molecule has 1 unspecified atom stereocenters. The van der Waals surface area contributed by atoms with Gasteiger partial charge in [-0.15, -0.1) is 0 Å². The molecule has 5 heteroatoms. The number of hydrogen-bond donors (Lipinski definition) is 1. The quantitative estimate of drug-likeness (QED) is 0.923. The Labute approximate surface area is 118 Å². The normalized spacial score (nSPS) is 11.8. The highest BCUT2D eigenvalue weighted by molar-refractivity contribution is 5.95. The molecule has 0 saturated heterocycles. The van der Waals surface area contributed by atoms with Gasteiger partial charge in [0, 0.05) is 32.1 Å². The molecule has 0 aliphatic heterocycles. The Kier molecular flexibility index (Phi) is 4.30. The molecule has 0 aliphatic rings. The van der Waals surface area contributed by atoms with Crippen LogP contribution in [0.5, 0.6) is 0 Å². The van der Waals surface area contributed by atoms with Gasteiger partial charge in [0.25, 0.3) is 5.91 Å². The van der Waals surface area contributed by atoms with E-state index in [1.165, 1.54) is 0 Å². The molecule has 0 fully saturated rings. The van der Waals surface area contributed by atoms with E-state index < -0.39 is 0 Å². The van der Waals surface area contributed by atoms with Crippen molar-refractivity contribution in [3.05, 3.63) is 54.0 Å². The van der Waals surface area contributed by atoms with Gasteiger partial charge in [-0.25, -0.2) is 4.98 Å². The molecule has 0 bridgehead atoms. The number of hydrogen-bond acceptors (Lipinski definition) is 4. The van der Waals surface area contributed by atoms with Gasteiger partial charge in [-0.3, -0.25) is 9.78 Å². The fourth-order valence-corrected chi connectivity index (χ4v) is 1.79. The number of anilines is 1. The Morgan fingerprint density at radius 3 is 2.65 bits per heavy atom. The first-order chi connectivity index (χ1) is 9.58. The van der Waals surface area contributed by atoms with Gasteiger partial charge in [0.2, 0.25) is 0 Å². The topological polar surface area (TPSA) is 58.1 Å². The summed E-state index contributed by atoms with van der Waals surface area (Å²) >= 11 is 0. The number of nitrogens with zero attached hydrogens (tertiary/aromatic N) is 3. The van der Waals surface area contributed by atoms with Crippen LogP contribution in [-0.4, -0.2) is 30.0 Å². The third-order valence-electron chi connectivity index (χ3n) is 2.94. The minimum absolute atomic E-state index is 0.131. The first-order valence-corrected chi connectivity index (χ1v) is 6.43. The maximum atomic E-state index is 12.2. The molecule has 1 atom stereocenters. The van der Waals surface area contributed by atoms with E-state index in [0.717, 1.165) is 11.5 Å². The van der Waals surface area contributed by atoms with Crippen LogP contribution < -0.4 is 10.2 Å².